The molecule has 0 saturated carbocycles. The van der Waals surface area contributed by atoms with Gasteiger partial charge in [0.05, 0.1) is 10.8 Å². The van der Waals surface area contributed by atoms with Gasteiger partial charge in [0.2, 0.25) is 5.91 Å². The first-order chi connectivity index (χ1) is 14.4. The minimum Gasteiger partial charge on any atom is -0.371 e. The summed E-state index contributed by atoms with van der Waals surface area (Å²) >= 11 is 1.20. The monoisotopic (exact) mass is 448 g/mol. The van der Waals surface area contributed by atoms with Gasteiger partial charge < -0.3 is 10.2 Å². The molecular formula is C20H21FN4O3S2. The lowest BCUT2D eigenvalue weighted by atomic mass is 10.1. The summed E-state index contributed by atoms with van der Waals surface area (Å²) in [7, 11) is -3.70. The van der Waals surface area contributed by atoms with Crippen LogP contribution in [-0.2, 0) is 14.8 Å². The molecule has 1 aromatic heterocycles. The van der Waals surface area contributed by atoms with E-state index in [4.69, 9.17) is 0 Å². The number of amides is 1. The average Bonchev–Trinajstić information content (AvgIpc) is 3.40. The van der Waals surface area contributed by atoms with Gasteiger partial charge in [-0.3, -0.25) is 9.52 Å². The minimum absolute atomic E-state index is 0. The van der Waals surface area contributed by atoms with Gasteiger partial charge in [-0.05, 0) is 48.9 Å². The first-order valence-corrected chi connectivity index (χ1v) is 11.6. The highest BCUT2D eigenvalue weighted by atomic mass is 32.2. The molecule has 1 amide bonds. The fourth-order valence-corrected chi connectivity index (χ4v) is 5.09. The molecule has 0 radical (unpaired) electrons. The summed E-state index contributed by atoms with van der Waals surface area (Å²) in [5, 5.41) is 4.75. The van der Waals surface area contributed by atoms with Crippen molar-refractivity contribution in [1.82, 2.24) is 4.98 Å². The van der Waals surface area contributed by atoms with Crippen molar-refractivity contribution in [1.29, 1.82) is 0 Å². The van der Waals surface area contributed by atoms with Gasteiger partial charge in [-0.15, -0.1) is 11.3 Å². The number of benzene rings is 2. The van der Waals surface area contributed by atoms with Gasteiger partial charge in [-0.25, -0.2) is 17.8 Å². The number of nitrogens with zero attached hydrogens (tertiary/aromatic N) is 2. The van der Waals surface area contributed by atoms with Crippen LogP contribution in [-0.4, -0.2) is 32.4 Å². The zero-order valence-corrected chi connectivity index (χ0v) is 17.4. The number of sulfonamides is 1. The molecule has 7 nitrogen and oxygen atoms in total. The minimum atomic E-state index is -3.70. The van der Waals surface area contributed by atoms with Crippen LogP contribution in [0.4, 0.5) is 20.9 Å². The number of aromatic nitrogens is 1. The Hall–Kier alpha value is -2.98. The SMILES string of the molecule is O=C(Nc1cccc(F)c1)C1CCN(c2ccc(S(=O)(=O)Nc3nccs3)cc2)C1.[HH]. The highest BCUT2D eigenvalue weighted by molar-refractivity contribution is 7.93. The molecule has 158 valence electrons. The number of hydrogen-bond acceptors (Lipinski definition) is 6. The smallest absolute Gasteiger partial charge is 0.263 e. The van der Waals surface area contributed by atoms with Crippen LogP contribution in [0.3, 0.4) is 0 Å². The molecule has 2 heterocycles. The van der Waals surface area contributed by atoms with Crippen molar-refractivity contribution in [2.75, 3.05) is 28.0 Å². The third-order valence-corrected chi connectivity index (χ3v) is 6.99. The van der Waals surface area contributed by atoms with Gasteiger partial charge in [0.25, 0.3) is 10.0 Å². The Morgan fingerprint density at radius 2 is 2.03 bits per heavy atom. The van der Waals surface area contributed by atoms with Crippen LogP contribution in [0.1, 0.15) is 7.85 Å². The first-order valence-electron chi connectivity index (χ1n) is 9.24. The lowest BCUT2D eigenvalue weighted by Crippen LogP contribution is -2.27. The molecule has 1 aliphatic rings. The molecule has 0 bridgehead atoms. The van der Waals surface area contributed by atoms with Crippen molar-refractivity contribution < 1.29 is 19.0 Å². The van der Waals surface area contributed by atoms with Gasteiger partial charge in [-0.2, -0.15) is 0 Å². The molecule has 4 rings (SSSR count). The lowest BCUT2D eigenvalue weighted by molar-refractivity contribution is -0.119. The summed E-state index contributed by atoms with van der Waals surface area (Å²) in [4.78, 5) is 18.6. The van der Waals surface area contributed by atoms with E-state index in [9.17, 15) is 17.6 Å². The number of nitrogens with one attached hydrogen (secondary N) is 2. The van der Waals surface area contributed by atoms with E-state index in [1.54, 1.807) is 29.6 Å². The Labute approximate surface area is 179 Å². The summed E-state index contributed by atoms with van der Waals surface area (Å²) in [5.74, 6) is -0.793. The molecule has 1 aliphatic heterocycles. The summed E-state index contributed by atoms with van der Waals surface area (Å²) in [6, 6.07) is 12.3. The lowest BCUT2D eigenvalue weighted by Gasteiger charge is -2.19. The van der Waals surface area contributed by atoms with Crippen LogP contribution in [0.2, 0.25) is 0 Å². The third kappa shape index (κ3) is 4.60. The number of carbonyl (C=O) groups is 1. The maximum absolute atomic E-state index is 13.3. The molecule has 30 heavy (non-hydrogen) atoms. The predicted molar refractivity (Wildman–Crippen MR) is 117 cm³/mol. The Morgan fingerprint density at radius 1 is 1.23 bits per heavy atom. The summed E-state index contributed by atoms with van der Waals surface area (Å²) < 4.78 is 40.6. The van der Waals surface area contributed by atoms with Crippen molar-refractivity contribution in [2.24, 2.45) is 5.92 Å². The van der Waals surface area contributed by atoms with Gasteiger partial charge in [0, 0.05) is 37.5 Å². The normalized spacial score (nSPS) is 16.4. The molecule has 0 spiro atoms. The largest absolute Gasteiger partial charge is 0.371 e. The number of thiazole rings is 1. The zero-order chi connectivity index (χ0) is 21.1. The molecule has 3 aromatic rings. The molecule has 10 heteroatoms. The topological polar surface area (TPSA) is 91.4 Å². The van der Waals surface area contributed by atoms with Crippen LogP contribution in [0, 0.1) is 11.7 Å². The zero-order valence-electron chi connectivity index (χ0n) is 15.8. The molecule has 0 aliphatic carbocycles. The van der Waals surface area contributed by atoms with Gasteiger partial charge in [-0.1, -0.05) is 6.07 Å². The van der Waals surface area contributed by atoms with Crippen LogP contribution in [0.5, 0.6) is 0 Å². The van der Waals surface area contributed by atoms with E-state index < -0.39 is 15.8 Å². The molecule has 1 unspecified atom stereocenters. The number of hydrogen-bond donors (Lipinski definition) is 2. The fourth-order valence-electron chi connectivity index (χ4n) is 3.30. The molecule has 1 atom stereocenters. The number of halogens is 1. The van der Waals surface area contributed by atoms with E-state index in [0.717, 1.165) is 5.69 Å². The number of anilines is 3. The number of carbonyl (C=O) groups excluding carboxylic acids is 1. The van der Waals surface area contributed by atoms with Crippen molar-refractivity contribution in [3.05, 3.63) is 65.9 Å². The van der Waals surface area contributed by atoms with Crippen molar-refractivity contribution in [3.8, 4) is 0 Å². The second-order valence-corrected chi connectivity index (χ2v) is 9.44. The van der Waals surface area contributed by atoms with Crippen molar-refractivity contribution in [2.45, 2.75) is 11.3 Å². The molecule has 2 N–H and O–H groups in total. The Kier molecular flexibility index (Phi) is 5.69. The standard InChI is InChI=1S/C20H19FN4O3S2.H2/c21-15-2-1-3-16(12-15)23-19(26)14-8-10-25(13-14)17-4-6-18(7-5-17)30(27,28)24-20-22-9-11-29-20;/h1-7,9,11-12,14H,8,10,13H2,(H,22,24)(H,23,26);1H. The van der Waals surface area contributed by atoms with E-state index in [1.165, 1.54) is 41.8 Å². The first kappa shape index (κ1) is 20.3. The van der Waals surface area contributed by atoms with Crippen LogP contribution in [0.15, 0.2) is 65.0 Å². The molecule has 1 fully saturated rings. The van der Waals surface area contributed by atoms with Gasteiger partial charge in [0.1, 0.15) is 5.82 Å². The average molecular weight is 449 g/mol. The van der Waals surface area contributed by atoms with Crippen molar-refractivity contribution in [3.63, 3.8) is 0 Å². The van der Waals surface area contributed by atoms with E-state index >= 15 is 0 Å². The van der Waals surface area contributed by atoms with Crippen LogP contribution in [0.25, 0.3) is 0 Å². The highest BCUT2D eigenvalue weighted by Crippen LogP contribution is 2.27. The third-order valence-electron chi connectivity index (χ3n) is 4.82. The molecular weight excluding hydrogens is 427 g/mol. The van der Waals surface area contributed by atoms with Crippen LogP contribution < -0.4 is 14.9 Å². The summed E-state index contributed by atoms with van der Waals surface area (Å²) in [6.07, 6.45) is 2.19. The summed E-state index contributed by atoms with van der Waals surface area (Å²) in [6.45, 7) is 1.18. The highest BCUT2D eigenvalue weighted by Gasteiger charge is 2.29. The van der Waals surface area contributed by atoms with E-state index in [1.807, 2.05) is 4.90 Å². The van der Waals surface area contributed by atoms with E-state index in [-0.39, 0.29) is 18.1 Å². The Morgan fingerprint density at radius 3 is 2.73 bits per heavy atom. The molecule has 1 saturated heterocycles. The van der Waals surface area contributed by atoms with Crippen LogP contribution >= 0.6 is 11.3 Å². The predicted octanol–water partition coefficient (Wildman–Crippen LogP) is 3.79. The Bertz CT molecular complexity index is 1140. The second kappa shape index (κ2) is 8.41. The van der Waals surface area contributed by atoms with Gasteiger partial charge >= 0.3 is 0 Å². The number of rotatable bonds is 6. The van der Waals surface area contributed by atoms with Gasteiger partial charge in [0.15, 0.2) is 5.13 Å². The quantitative estimate of drug-likeness (QED) is 0.599. The van der Waals surface area contributed by atoms with E-state index in [0.29, 0.717) is 30.3 Å². The summed E-state index contributed by atoms with van der Waals surface area (Å²) in [5.41, 5.74) is 1.27. The second-order valence-electron chi connectivity index (χ2n) is 6.87. The maximum Gasteiger partial charge on any atom is 0.263 e. The Balaban J connectivity index is 0.00000272. The van der Waals surface area contributed by atoms with Crippen molar-refractivity contribution >= 4 is 43.8 Å². The van der Waals surface area contributed by atoms with E-state index in [2.05, 4.69) is 15.0 Å². The fraction of sp³-hybridized carbons (Fsp3) is 0.200. The molecule has 2 aromatic carbocycles. The maximum atomic E-state index is 13.3.